The highest BCUT2D eigenvalue weighted by Gasteiger charge is 2.15. The molecule has 4 heteroatoms. The van der Waals surface area contributed by atoms with Gasteiger partial charge in [0.05, 0.1) is 6.04 Å². The first kappa shape index (κ1) is 19.6. The minimum absolute atomic E-state index is 0.0540. The van der Waals surface area contributed by atoms with E-state index < -0.39 is 0 Å². The zero-order valence-corrected chi connectivity index (χ0v) is 15.0. The highest BCUT2D eigenvalue weighted by molar-refractivity contribution is 6.10. The summed E-state index contributed by atoms with van der Waals surface area (Å²) in [6, 6.07) is 6.31. The number of rotatable bonds is 10. The second kappa shape index (κ2) is 10.3. The largest absolute Gasteiger partial charge is 0.381 e. The SMILES string of the molecule is C=CCNc1ccc(C(/C=N\CC)=C/N=C)cc1C(NC)C(=C)C. The molecule has 0 aromatic heterocycles. The van der Waals surface area contributed by atoms with Crippen LogP contribution >= 0.6 is 0 Å². The van der Waals surface area contributed by atoms with Gasteiger partial charge in [-0.3, -0.25) is 9.98 Å². The molecule has 1 aromatic rings. The number of nitrogens with zero attached hydrogens (tertiary/aromatic N) is 2. The molecule has 0 aliphatic carbocycles. The van der Waals surface area contributed by atoms with E-state index in [4.69, 9.17) is 0 Å². The van der Waals surface area contributed by atoms with Gasteiger partial charge in [0.25, 0.3) is 0 Å². The summed E-state index contributed by atoms with van der Waals surface area (Å²) in [5, 5.41) is 6.71. The molecule has 1 rings (SSSR count). The number of benzene rings is 1. The predicted molar refractivity (Wildman–Crippen MR) is 108 cm³/mol. The number of allylic oxidation sites excluding steroid dienone is 1. The summed E-state index contributed by atoms with van der Waals surface area (Å²) < 4.78 is 0. The van der Waals surface area contributed by atoms with Gasteiger partial charge in [-0.05, 0) is 50.9 Å². The van der Waals surface area contributed by atoms with Gasteiger partial charge in [0, 0.05) is 36.8 Å². The Balaban J connectivity index is 3.41. The van der Waals surface area contributed by atoms with Crippen molar-refractivity contribution in [1.82, 2.24) is 5.32 Å². The molecule has 24 heavy (non-hydrogen) atoms. The molecule has 0 saturated heterocycles. The number of nitrogens with one attached hydrogen (secondary N) is 2. The molecule has 2 N–H and O–H groups in total. The molecule has 0 fully saturated rings. The number of hydrogen-bond donors (Lipinski definition) is 2. The van der Waals surface area contributed by atoms with Crippen LogP contribution in [0.1, 0.15) is 31.0 Å². The molecular weight excluding hydrogens is 296 g/mol. The molecule has 128 valence electrons. The van der Waals surface area contributed by atoms with Crippen LogP contribution in [0.25, 0.3) is 5.57 Å². The van der Waals surface area contributed by atoms with Crippen LogP contribution in [0, 0.1) is 0 Å². The van der Waals surface area contributed by atoms with Crippen molar-refractivity contribution >= 4 is 24.2 Å². The van der Waals surface area contributed by atoms with Gasteiger partial charge >= 0.3 is 0 Å². The van der Waals surface area contributed by atoms with Crippen molar-refractivity contribution in [2.45, 2.75) is 19.9 Å². The second-order valence-electron chi connectivity index (χ2n) is 5.43. The van der Waals surface area contributed by atoms with E-state index in [1.54, 1.807) is 6.20 Å². The van der Waals surface area contributed by atoms with E-state index >= 15 is 0 Å². The number of aliphatic imine (C=N–C) groups is 2. The minimum Gasteiger partial charge on any atom is -0.381 e. The van der Waals surface area contributed by atoms with E-state index in [9.17, 15) is 0 Å². The Morgan fingerprint density at radius 2 is 2.12 bits per heavy atom. The van der Waals surface area contributed by atoms with E-state index in [0.29, 0.717) is 6.54 Å². The smallest absolute Gasteiger partial charge is 0.0549 e. The zero-order chi connectivity index (χ0) is 17.9. The van der Waals surface area contributed by atoms with Gasteiger partial charge < -0.3 is 10.6 Å². The number of hydrogen-bond acceptors (Lipinski definition) is 4. The fraction of sp³-hybridized carbons (Fsp3) is 0.300. The number of anilines is 1. The quantitative estimate of drug-likeness (QED) is 0.499. The third-order valence-corrected chi connectivity index (χ3v) is 3.56. The Bertz CT molecular complexity index is 641. The van der Waals surface area contributed by atoms with Gasteiger partial charge in [-0.15, -0.1) is 6.58 Å². The maximum absolute atomic E-state index is 4.33. The van der Waals surface area contributed by atoms with E-state index in [-0.39, 0.29) is 6.04 Å². The molecule has 0 amide bonds. The Hall–Kier alpha value is -2.46. The standard InChI is InChI=1S/C20H28N4/c1-7-11-24-19-10-9-16(17(13-21-5)14-23-8-2)12-18(19)20(22-6)15(3)4/h7,9-10,12-14,20,22,24H,1,3,5,8,11H2,2,4,6H3/b17-13+,23-14-. The van der Waals surface area contributed by atoms with Crippen molar-refractivity contribution in [2.75, 3.05) is 25.5 Å². The molecule has 0 spiro atoms. The lowest BCUT2D eigenvalue weighted by Gasteiger charge is -2.22. The molecule has 0 aliphatic heterocycles. The molecule has 1 unspecified atom stereocenters. The molecule has 0 heterocycles. The summed E-state index contributed by atoms with van der Waals surface area (Å²) >= 11 is 0. The van der Waals surface area contributed by atoms with E-state index in [1.165, 1.54) is 0 Å². The van der Waals surface area contributed by atoms with Crippen LogP contribution in [0.5, 0.6) is 0 Å². The van der Waals surface area contributed by atoms with Crippen molar-refractivity contribution in [3.05, 3.63) is 60.3 Å². The fourth-order valence-electron chi connectivity index (χ4n) is 2.46. The minimum atomic E-state index is 0.0540. The van der Waals surface area contributed by atoms with E-state index in [1.807, 2.05) is 33.2 Å². The summed E-state index contributed by atoms with van der Waals surface area (Å²) in [6.07, 6.45) is 5.40. The maximum atomic E-state index is 4.33. The Labute approximate surface area is 145 Å². The maximum Gasteiger partial charge on any atom is 0.0549 e. The fourth-order valence-corrected chi connectivity index (χ4v) is 2.46. The van der Waals surface area contributed by atoms with Crippen molar-refractivity contribution < 1.29 is 0 Å². The van der Waals surface area contributed by atoms with Gasteiger partial charge in [0.1, 0.15) is 0 Å². The number of likely N-dealkylation sites (N-methyl/N-ethyl adjacent to an activating group) is 1. The van der Waals surface area contributed by atoms with Crippen LogP contribution in [0.2, 0.25) is 0 Å². The van der Waals surface area contributed by atoms with Crippen LogP contribution in [-0.2, 0) is 0 Å². The molecule has 0 saturated carbocycles. The molecule has 0 aliphatic rings. The first-order chi connectivity index (χ1) is 11.6. The second-order valence-corrected chi connectivity index (χ2v) is 5.43. The van der Waals surface area contributed by atoms with Gasteiger partial charge in [0.2, 0.25) is 0 Å². The van der Waals surface area contributed by atoms with Crippen LogP contribution in [0.3, 0.4) is 0 Å². The van der Waals surface area contributed by atoms with Crippen molar-refractivity contribution in [1.29, 1.82) is 0 Å². The lowest BCUT2D eigenvalue weighted by molar-refractivity contribution is 0.681. The molecule has 0 radical (unpaired) electrons. The summed E-state index contributed by atoms with van der Waals surface area (Å²) in [7, 11) is 1.93. The molecule has 0 bridgehead atoms. The Morgan fingerprint density at radius 3 is 2.67 bits per heavy atom. The topological polar surface area (TPSA) is 48.8 Å². The lowest BCUT2D eigenvalue weighted by atomic mass is 9.95. The van der Waals surface area contributed by atoms with Gasteiger partial charge in [0.15, 0.2) is 0 Å². The molecule has 4 nitrogen and oxygen atoms in total. The van der Waals surface area contributed by atoms with Gasteiger partial charge in [-0.1, -0.05) is 24.3 Å². The third kappa shape index (κ3) is 5.32. The highest BCUT2D eigenvalue weighted by atomic mass is 14.9. The van der Waals surface area contributed by atoms with Gasteiger partial charge in [-0.2, -0.15) is 0 Å². The van der Waals surface area contributed by atoms with E-state index in [0.717, 1.165) is 34.5 Å². The van der Waals surface area contributed by atoms with Crippen molar-refractivity contribution in [3.8, 4) is 0 Å². The summed E-state index contributed by atoms with van der Waals surface area (Å²) in [4.78, 5) is 8.23. The Morgan fingerprint density at radius 1 is 1.38 bits per heavy atom. The monoisotopic (exact) mass is 324 g/mol. The van der Waals surface area contributed by atoms with Crippen LogP contribution in [-0.4, -0.2) is 33.1 Å². The van der Waals surface area contributed by atoms with Crippen LogP contribution < -0.4 is 10.6 Å². The average Bonchev–Trinajstić information content (AvgIpc) is 2.57. The summed E-state index contributed by atoms with van der Waals surface area (Å²) in [6.45, 7) is 16.9. The predicted octanol–water partition coefficient (Wildman–Crippen LogP) is 4.25. The average molecular weight is 324 g/mol. The molecule has 1 atom stereocenters. The van der Waals surface area contributed by atoms with Crippen molar-refractivity contribution in [2.24, 2.45) is 9.98 Å². The lowest BCUT2D eigenvalue weighted by Crippen LogP contribution is -2.19. The van der Waals surface area contributed by atoms with Crippen LogP contribution in [0.4, 0.5) is 5.69 Å². The van der Waals surface area contributed by atoms with Crippen LogP contribution in [0.15, 0.2) is 59.2 Å². The first-order valence-corrected chi connectivity index (χ1v) is 8.06. The first-order valence-electron chi connectivity index (χ1n) is 8.06. The Kier molecular flexibility index (Phi) is 8.44. The third-order valence-electron chi connectivity index (χ3n) is 3.56. The normalized spacial score (nSPS) is 12.9. The van der Waals surface area contributed by atoms with Gasteiger partial charge in [-0.25, -0.2) is 0 Å². The van der Waals surface area contributed by atoms with Crippen molar-refractivity contribution in [3.63, 3.8) is 0 Å². The zero-order valence-electron chi connectivity index (χ0n) is 15.0. The summed E-state index contributed by atoms with van der Waals surface area (Å²) in [5.41, 5.74) is 5.20. The molecular formula is C20H28N4. The van der Waals surface area contributed by atoms with E-state index in [2.05, 4.69) is 58.7 Å². The molecule has 1 aromatic carbocycles. The summed E-state index contributed by atoms with van der Waals surface area (Å²) in [5.74, 6) is 0. The highest BCUT2D eigenvalue weighted by Crippen LogP contribution is 2.30.